The van der Waals surface area contributed by atoms with Gasteiger partial charge in [-0.05, 0) is 36.5 Å². The zero-order valence-corrected chi connectivity index (χ0v) is 17.8. The highest BCUT2D eigenvalue weighted by Crippen LogP contribution is 2.64. The van der Waals surface area contributed by atoms with Crippen LogP contribution in [0, 0.1) is 11.3 Å². The van der Waals surface area contributed by atoms with E-state index >= 15 is 0 Å². The molecule has 6 atom stereocenters. The highest BCUT2D eigenvalue weighted by Gasteiger charge is 2.67. The first-order valence-corrected chi connectivity index (χ1v) is 9.83. The van der Waals surface area contributed by atoms with Crippen molar-refractivity contribution in [2.24, 2.45) is 11.3 Å². The summed E-state index contributed by atoms with van der Waals surface area (Å²) in [7, 11) is 6.29. The van der Waals surface area contributed by atoms with Crippen LogP contribution in [0.4, 0.5) is 0 Å². The number of hydrogen-bond acceptors (Lipinski definition) is 7. The summed E-state index contributed by atoms with van der Waals surface area (Å²) in [6.45, 7) is 6.00. The van der Waals surface area contributed by atoms with Crippen molar-refractivity contribution in [1.29, 1.82) is 0 Å². The number of fused-ring (bicyclic) bond motifs is 1. The lowest BCUT2D eigenvalue weighted by Crippen LogP contribution is -2.58. The lowest BCUT2D eigenvalue weighted by Gasteiger charge is -2.51. The second kappa shape index (κ2) is 8.14. The van der Waals surface area contributed by atoms with Gasteiger partial charge in [0.2, 0.25) is 5.75 Å². The third kappa shape index (κ3) is 3.20. The zero-order valence-electron chi connectivity index (χ0n) is 17.8. The Morgan fingerprint density at radius 3 is 2.14 bits per heavy atom. The molecule has 2 unspecified atom stereocenters. The van der Waals surface area contributed by atoms with E-state index in [4.69, 9.17) is 23.7 Å². The average Bonchev–Trinajstić information content (AvgIpc) is 2.96. The molecule has 162 valence electrons. The quantitative estimate of drug-likeness (QED) is 0.671. The summed E-state index contributed by atoms with van der Waals surface area (Å²) in [5, 5.41) is 20.9. The van der Waals surface area contributed by atoms with Gasteiger partial charge in [-0.25, -0.2) is 0 Å². The van der Waals surface area contributed by atoms with E-state index in [1.54, 1.807) is 28.4 Å². The van der Waals surface area contributed by atoms with E-state index < -0.39 is 23.4 Å². The molecule has 1 aliphatic heterocycles. The summed E-state index contributed by atoms with van der Waals surface area (Å²) in [5.41, 5.74) is 0.318. The predicted molar refractivity (Wildman–Crippen MR) is 107 cm³/mol. The molecule has 0 bridgehead atoms. The number of aliphatic hydroxyl groups is 2. The number of benzene rings is 1. The molecule has 1 saturated heterocycles. The number of rotatable bonds is 7. The Kier molecular flexibility index (Phi) is 6.15. The maximum Gasteiger partial charge on any atom is 0.203 e. The Labute approximate surface area is 172 Å². The van der Waals surface area contributed by atoms with Crippen LogP contribution < -0.4 is 14.2 Å². The molecule has 1 saturated carbocycles. The van der Waals surface area contributed by atoms with Crippen molar-refractivity contribution in [2.75, 3.05) is 28.4 Å². The molecule has 3 rings (SSSR count). The summed E-state index contributed by atoms with van der Waals surface area (Å²) < 4.78 is 28.9. The summed E-state index contributed by atoms with van der Waals surface area (Å²) in [6.07, 6.45) is 0.838. The van der Waals surface area contributed by atoms with E-state index in [2.05, 4.69) is 13.5 Å². The fourth-order valence-electron chi connectivity index (χ4n) is 5.21. The smallest absolute Gasteiger partial charge is 0.203 e. The van der Waals surface area contributed by atoms with Gasteiger partial charge in [0.05, 0.1) is 39.6 Å². The van der Waals surface area contributed by atoms with Crippen molar-refractivity contribution in [3.63, 3.8) is 0 Å². The van der Waals surface area contributed by atoms with Crippen LogP contribution in [0.2, 0.25) is 0 Å². The SMILES string of the molecule is C=CC[C@]12C[C@@H](O)[C@@H](O)CC1(OC)OC(c1cc(OC)c(OC)c(OC)c1)[C@H]2C. The van der Waals surface area contributed by atoms with E-state index in [1.807, 2.05) is 18.2 Å². The fraction of sp³-hybridized carbons (Fsp3) is 0.636. The monoisotopic (exact) mass is 408 g/mol. The Bertz CT molecular complexity index is 726. The normalized spacial score (nSPS) is 36.4. The number of ether oxygens (including phenoxy) is 5. The predicted octanol–water partition coefficient (Wildman–Crippen LogP) is 2.84. The van der Waals surface area contributed by atoms with Gasteiger partial charge >= 0.3 is 0 Å². The Balaban J connectivity index is 2.12. The van der Waals surface area contributed by atoms with Crippen LogP contribution in [0.5, 0.6) is 17.2 Å². The highest BCUT2D eigenvalue weighted by atomic mass is 16.7. The van der Waals surface area contributed by atoms with E-state index in [0.717, 1.165) is 5.56 Å². The van der Waals surface area contributed by atoms with Gasteiger partial charge in [0.1, 0.15) is 0 Å². The lowest BCUT2D eigenvalue weighted by molar-refractivity contribution is -0.298. The van der Waals surface area contributed by atoms with Gasteiger partial charge in [-0.15, -0.1) is 6.58 Å². The number of hydrogen-bond donors (Lipinski definition) is 2. The highest BCUT2D eigenvalue weighted by molar-refractivity contribution is 5.54. The van der Waals surface area contributed by atoms with Crippen LogP contribution in [0.3, 0.4) is 0 Å². The molecule has 1 aromatic carbocycles. The third-order valence-corrected chi connectivity index (χ3v) is 6.75. The van der Waals surface area contributed by atoms with Crippen LogP contribution in [0.15, 0.2) is 24.8 Å². The van der Waals surface area contributed by atoms with Gasteiger partial charge < -0.3 is 33.9 Å². The summed E-state index contributed by atoms with van der Waals surface area (Å²) in [5.74, 6) is 0.513. The summed E-state index contributed by atoms with van der Waals surface area (Å²) >= 11 is 0. The van der Waals surface area contributed by atoms with Crippen LogP contribution in [0.25, 0.3) is 0 Å². The first-order valence-electron chi connectivity index (χ1n) is 9.83. The number of allylic oxidation sites excluding steroid dienone is 1. The van der Waals surface area contributed by atoms with Crippen molar-refractivity contribution >= 4 is 0 Å². The Morgan fingerprint density at radius 1 is 1.07 bits per heavy atom. The molecular formula is C22H32O7. The molecule has 0 radical (unpaired) electrons. The molecule has 2 aliphatic rings. The van der Waals surface area contributed by atoms with Crippen molar-refractivity contribution < 1.29 is 33.9 Å². The standard InChI is InChI=1S/C22H32O7/c1-7-8-21-11-15(23)16(24)12-22(21,28-6)29-19(13(21)2)14-9-17(25-3)20(27-5)18(10-14)26-4/h7,9-10,13,15-16,19,23-24H,1,8,11-12H2,2-6H3/t13-,15-,16+,19?,21-,22?/m1/s1. The minimum absolute atomic E-state index is 0.0367. The van der Waals surface area contributed by atoms with E-state index in [0.29, 0.717) is 30.1 Å². The van der Waals surface area contributed by atoms with Crippen LogP contribution in [0.1, 0.15) is 37.9 Å². The largest absolute Gasteiger partial charge is 0.493 e. The van der Waals surface area contributed by atoms with Gasteiger partial charge in [-0.2, -0.15) is 0 Å². The molecule has 0 amide bonds. The second-order valence-electron chi connectivity index (χ2n) is 7.93. The molecule has 7 nitrogen and oxygen atoms in total. The first-order chi connectivity index (χ1) is 13.8. The van der Waals surface area contributed by atoms with Gasteiger partial charge in [0.25, 0.3) is 0 Å². The molecular weight excluding hydrogens is 376 g/mol. The van der Waals surface area contributed by atoms with Crippen LogP contribution in [-0.4, -0.2) is 56.6 Å². The van der Waals surface area contributed by atoms with Crippen molar-refractivity contribution in [3.05, 3.63) is 30.4 Å². The van der Waals surface area contributed by atoms with Gasteiger partial charge in [-0.3, -0.25) is 0 Å². The first kappa shape index (κ1) is 21.9. The molecule has 1 aromatic rings. The van der Waals surface area contributed by atoms with Gasteiger partial charge in [0, 0.05) is 18.9 Å². The Hall–Kier alpha value is -1.80. The fourth-order valence-corrected chi connectivity index (χ4v) is 5.21. The molecule has 0 aromatic heterocycles. The second-order valence-corrected chi connectivity index (χ2v) is 7.93. The number of methoxy groups -OCH3 is 4. The maximum atomic E-state index is 10.5. The van der Waals surface area contributed by atoms with Crippen molar-refractivity contribution in [2.45, 2.75) is 50.3 Å². The zero-order chi connectivity index (χ0) is 21.4. The van der Waals surface area contributed by atoms with Crippen molar-refractivity contribution in [1.82, 2.24) is 0 Å². The molecule has 7 heteroatoms. The van der Waals surface area contributed by atoms with E-state index in [-0.39, 0.29) is 18.4 Å². The van der Waals surface area contributed by atoms with Gasteiger partial charge in [-0.1, -0.05) is 13.0 Å². The summed E-state index contributed by atoms with van der Waals surface area (Å²) in [4.78, 5) is 0. The van der Waals surface area contributed by atoms with Crippen LogP contribution in [-0.2, 0) is 9.47 Å². The van der Waals surface area contributed by atoms with E-state index in [1.165, 1.54) is 0 Å². The topological polar surface area (TPSA) is 86.6 Å². The molecule has 1 aliphatic carbocycles. The average molecular weight is 408 g/mol. The molecule has 1 heterocycles. The minimum Gasteiger partial charge on any atom is -0.493 e. The molecule has 2 N–H and O–H groups in total. The maximum absolute atomic E-state index is 10.5. The van der Waals surface area contributed by atoms with Crippen molar-refractivity contribution in [3.8, 4) is 17.2 Å². The van der Waals surface area contributed by atoms with Crippen LogP contribution >= 0.6 is 0 Å². The van der Waals surface area contributed by atoms with E-state index in [9.17, 15) is 10.2 Å². The molecule has 2 fully saturated rings. The lowest BCUT2D eigenvalue weighted by atomic mass is 9.59. The molecule has 0 spiro atoms. The molecule has 29 heavy (non-hydrogen) atoms. The van der Waals surface area contributed by atoms with Gasteiger partial charge in [0.15, 0.2) is 17.3 Å². The Morgan fingerprint density at radius 2 is 1.66 bits per heavy atom. The third-order valence-electron chi connectivity index (χ3n) is 6.75. The summed E-state index contributed by atoms with van der Waals surface area (Å²) in [6, 6.07) is 3.75. The number of aliphatic hydroxyl groups excluding tert-OH is 2. The minimum atomic E-state index is -1.04.